The molecule has 1 aromatic carbocycles. The molecular weight excluding hydrogens is 388 g/mol. The lowest BCUT2D eigenvalue weighted by atomic mass is 10.0. The Hall–Kier alpha value is -2.77. The molecule has 1 atom stereocenters. The number of rotatable bonds is 7. The topological polar surface area (TPSA) is 70.3 Å². The van der Waals surface area contributed by atoms with Crippen LogP contribution in [0.5, 0.6) is 0 Å². The first-order valence-electron chi connectivity index (χ1n) is 11.4. The average Bonchev–Trinajstić information content (AvgIpc) is 3.56. The molecule has 31 heavy (non-hydrogen) atoms. The number of likely N-dealkylation sites (tertiary alicyclic amines) is 1. The molecule has 3 aromatic rings. The molecule has 0 unspecified atom stereocenters. The molecule has 2 aromatic heterocycles. The van der Waals surface area contributed by atoms with Gasteiger partial charge in [-0.05, 0) is 43.9 Å². The van der Waals surface area contributed by atoms with Gasteiger partial charge in [0.15, 0.2) is 0 Å². The number of benzene rings is 1. The van der Waals surface area contributed by atoms with Crippen LogP contribution in [-0.2, 0) is 13.1 Å². The number of aromatic nitrogens is 4. The zero-order chi connectivity index (χ0) is 21.0. The van der Waals surface area contributed by atoms with Crippen molar-refractivity contribution in [1.29, 1.82) is 0 Å². The van der Waals surface area contributed by atoms with E-state index < -0.39 is 0 Å². The van der Waals surface area contributed by atoms with Crippen molar-refractivity contribution in [1.82, 2.24) is 24.6 Å². The highest BCUT2D eigenvalue weighted by molar-refractivity contribution is 5.63. The van der Waals surface area contributed by atoms with Gasteiger partial charge >= 0.3 is 0 Å². The van der Waals surface area contributed by atoms with Crippen LogP contribution in [0.15, 0.2) is 48.8 Å². The maximum absolute atomic E-state index is 9.65. The van der Waals surface area contributed by atoms with E-state index in [2.05, 4.69) is 50.2 Å². The Morgan fingerprint density at radius 2 is 1.84 bits per heavy atom. The van der Waals surface area contributed by atoms with Gasteiger partial charge in [-0.3, -0.25) is 9.58 Å². The normalized spacial score (nSPS) is 19.4. The number of aliphatic hydroxyl groups is 1. The van der Waals surface area contributed by atoms with Crippen molar-refractivity contribution in [3.63, 3.8) is 0 Å². The van der Waals surface area contributed by atoms with Gasteiger partial charge in [-0.15, -0.1) is 0 Å². The standard InChI is InChI=1S/C24H30N6O/c31-16-15-30-23(22-9-6-14-29(22)18-19-7-2-1-3-8-19)20(17-26-30)21-10-11-25-24(27-21)28-12-4-5-13-28/h1-3,7-8,10-11,17,22,31H,4-6,9,12-16,18H2/t22-/m1/s1. The maximum atomic E-state index is 9.65. The second kappa shape index (κ2) is 9.16. The number of anilines is 1. The number of hydrogen-bond donors (Lipinski definition) is 1. The zero-order valence-electron chi connectivity index (χ0n) is 17.9. The summed E-state index contributed by atoms with van der Waals surface area (Å²) in [6.45, 7) is 4.59. The molecule has 0 radical (unpaired) electrons. The van der Waals surface area contributed by atoms with E-state index in [9.17, 15) is 5.11 Å². The van der Waals surface area contributed by atoms with Crippen LogP contribution >= 0.6 is 0 Å². The van der Waals surface area contributed by atoms with Crippen molar-refractivity contribution in [3.05, 3.63) is 60.0 Å². The van der Waals surface area contributed by atoms with E-state index in [-0.39, 0.29) is 12.6 Å². The molecule has 1 N–H and O–H groups in total. The molecule has 2 aliphatic rings. The summed E-state index contributed by atoms with van der Waals surface area (Å²) in [7, 11) is 0. The first-order chi connectivity index (χ1) is 15.3. The Bertz CT molecular complexity index is 998. The predicted octanol–water partition coefficient (Wildman–Crippen LogP) is 3.27. The lowest BCUT2D eigenvalue weighted by molar-refractivity contribution is 0.226. The molecule has 0 saturated carbocycles. The molecule has 0 bridgehead atoms. The number of nitrogens with zero attached hydrogens (tertiary/aromatic N) is 6. The van der Waals surface area contributed by atoms with Gasteiger partial charge in [0, 0.05) is 31.4 Å². The lowest BCUT2D eigenvalue weighted by Gasteiger charge is -2.26. The Labute approximate surface area is 183 Å². The minimum Gasteiger partial charge on any atom is -0.394 e. The fraction of sp³-hybridized carbons (Fsp3) is 0.458. The highest BCUT2D eigenvalue weighted by Crippen LogP contribution is 2.38. The van der Waals surface area contributed by atoms with Gasteiger partial charge in [0.2, 0.25) is 5.95 Å². The van der Waals surface area contributed by atoms with Gasteiger partial charge in [0.05, 0.1) is 36.8 Å². The van der Waals surface area contributed by atoms with E-state index in [0.717, 1.165) is 61.9 Å². The van der Waals surface area contributed by atoms with Gasteiger partial charge in [-0.1, -0.05) is 30.3 Å². The highest BCUT2D eigenvalue weighted by atomic mass is 16.3. The van der Waals surface area contributed by atoms with Crippen molar-refractivity contribution in [2.24, 2.45) is 0 Å². The number of hydrogen-bond acceptors (Lipinski definition) is 6. The summed E-state index contributed by atoms with van der Waals surface area (Å²) in [6, 6.07) is 12.9. The SMILES string of the molecule is OCCn1ncc(-c2ccnc(N3CCCC3)n2)c1[C@H]1CCCN1Cc1ccccc1. The van der Waals surface area contributed by atoms with Crippen LogP contribution in [0.25, 0.3) is 11.3 Å². The van der Waals surface area contributed by atoms with E-state index >= 15 is 0 Å². The van der Waals surface area contributed by atoms with Gasteiger partial charge in [-0.25, -0.2) is 9.97 Å². The van der Waals surface area contributed by atoms with Gasteiger partial charge in [0.25, 0.3) is 0 Å². The van der Waals surface area contributed by atoms with Gasteiger partial charge < -0.3 is 10.0 Å². The van der Waals surface area contributed by atoms with E-state index in [1.165, 1.54) is 18.4 Å². The molecule has 2 aliphatic heterocycles. The second-order valence-electron chi connectivity index (χ2n) is 8.44. The monoisotopic (exact) mass is 418 g/mol. The molecule has 4 heterocycles. The first-order valence-corrected chi connectivity index (χ1v) is 11.4. The van der Waals surface area contributed by atoms with Crippen LogP contribution in [0.2, 0.25) is 0 Å². The molecule has 0 spiro atoms. The third-order valence-electron chi connectivity index (χ3n) is 6.41. The van der Waals surface area contributed by atoms with E-state index in [0.29, 0.717) is 6.54 Å². The van der Waals surface area contributed by atoms with Gasteiger partial charge in [-0.2, -0.15) is 5.10 Å². The molecule has 0 aliphatic carbocycles. The third kappa shape index (κ3) is 4.20. The van der Waals surface area contributed by atoms with Crippen molar-refractivity contribution < 1.29 is 5.11 Å². The summed E-state index contributed by atoms with van der Waals surface area (Å²) in [5.41, 5.74) is 4.46. The van der Waals surface area contributed by atoms with Crippen LogP contribution in [0.4, 0.5) is 5.95 Å². The minimum atomic E-state index is 0.0718. The van der Waals surface area contributed by atoms with Crippen molar-refractivity contribution in [3.8, 4) is 11.3 Å². The average molecular weight is 419 g/mol. The molecule has 7 nitrogen and oxygen atoms in total. The Morgan fingerprint density at radius 3 is 2.65 bits per heavy atom. The van der Waals surface area contributed by atoms with Crippen LogP contribution in [0, 0.1) is 0 Å². The largest absolute Gasteiger partial charge is 0.394 e. The summed E-state index contributed by atoms with van der Waals surface area (Å²) >= 11 is 0. The van der Waals surface area contributed by atoms with Crippen molar-refractivity contribution in [2.45, 2.75) is 44.8 Å². The minimum absolute atomic E-state index is 0.0718. The summed E-state index contributed by atoms with van der Waals surface area (Å²) < 4.78 is 1.97. The smallest absolute Gasteiger partial charge is 0.225 e. The molecular formula is C24H30N6O. The van der Waals surface area contributed by atoms with Crippen LogP contribution in [0.3, 0.4) is 0 Å². The molecule has 162 valence electrons. The van der Waals surface area contributed by atoms with Crippen molar-refractivity contribution >= 4 is 5.95 Å². The summed E-state index contributed by atoms with van der Waals surface area (Å²) in [6.07, 6.45) is 8.41. The summed E-state index contributed by atoms with van der Waals surface area (Å²) in [5.74, 6) is 0.809. The third-order valence-corrected chi connectivity index (χ3v) is 6.41. The van der Waals surface area contributed by atoms with Crippen LogP contribution < -0.4 is 4.90 Å². The Balaban J connectivity index is 1.49. The fourth-order valence-corrected chi connectivity index (χ4v) is 4.93. The molecule has 5 rings (SSSR count). The number of aliphatic hydroxyl groups excluding tert-OH is 1. The summed E-state index contributed by atoms with van der Waals surface area (Å²) in [4.78, 5) is 14.2. The predicted molar refractivity (Wildman–Crippen MR) is 121 cm³/mol. The molecule has 0 amide bonds. The van der Waals surface area contributed by atoms with Gasteiger partial charge in [0.1, 0.15) is 0 Å². The maximum Gasteiger partial charge on any atom is 0.225 e. The summed E-state index contributed by atoms with van der Waals surface area (Å²) in [5, 5.41) is 14.3. The van der Waals surface area contributed by atoms with E-state index in [1.54, 1.807) is 0 Å². The van der Waals surface area contributed by atoms with Crippen molar-refractivity contribution in [2.75, 3.05) is 31.1 Å². The lowest BCUT2D eigenvalue weighted by Crippen LogP contribution is -2.26. The second-order valence-corrected chi connectivity index (χ2v) is 8.44. The van der Waals surface area contributed by atoms with E-state index in [1.807, 2.05) is 23.1 Å². The Kier molecular flexibility index (Phi) is 5.95. The van der Waals surface area contributed by atoms with Crippen LogP contribution in [-0.4, -0.2) is 56.0 Å². The fourth-order valence-electron chi connectivity index (χ4n) is 4.93. The Morgan fingerprint density at radius 1 is 1.00 bits per heavy atom. The molecule has 2 fully saturated rings. The van der Waals surface area contributed by atoms with Crippen LogP contribution in [0.1, 0.15) is 43.0 Å². The van der Waals surface area contributed by atoms with E-state index in [4.69, 9.17) is 4.98 Å². The quantitative estimate of drug-likeness (QED) is 0.635. The highest BCUT2D eigenvalue weighted by Gasteiger charge is 2.32. The zero-order valence-corrected chi connectivity index (χ0v) is 17.9. The molecule has 7 heteroatoms. The molecule has 2 saturated heterocycles. The first kappa shape index (κ1) is 20.2.